The van der Waals surface area contributed by atoms with Crippen LogP contribution in [0.15, 0.2) is 0 Å². The molecule has 1 aliphatic rings. The van der Waals surface area contributed by atoms with E-state index < -0.39 is 15.8 Å². The number of sulfonamides is 1. The lowest BCUT2D eigenvalue weighted by Crippen LogP contribution is -2.46. The van der Waals surface area contributed by atoms with Crippen LogP contribution >= 0.6 is 12.4 Å². The summed E-state index contributed by atoms with van der Waals surface area (Å²) in [7, 11) is -1.58. The second-order valence-electron chi connectivity index (χ2n) is 5.25. The van der Waals surface area contributed by atoms with Crippen molar-refractivity contribution in [3.05, 3.63) is 0 Å². The Morgan fingerprint density at radius 1 is 1.33 bits per heavy atom. The number of amides is 1. The van der Waals surface area contributed by atoms with Crippen LogP contribution in [0, 0.1) is 5.92 Å². The second-order valence-corrected chi connectivity index (χ2v) is 7.22. The Balaban J connectivity index is 0.00000400. The van der Waals surface area contributed by atoms with Gasteiger partial charge in [-0.2, -0.15) is 0 Å². The Bertz CT molecular complexity index is 411. The first-order chi connectivity index (χ1) is 9.44. The van der Waals surface area contributed by atoms with Crippen molar-refractivity contribution in [3.63, 3.8) is 0 Å². The maximum atomic E-state index is 12.2. The molecule has 0 aromatic heterocycles. The van der Waals surface area contributed by atoms with Crippen molar-refractivity contribution in [1.29, 1.82) is 0 Å². The Morgan fingerprint density at radius 2 is 1.95 bits per heavy atom. The Hall–Kier alpha value is -0.370. The van der Waals surface area contributed by atoms with E-state index in [1.165, 1.54) is 4.31 Å². The highest BCUT2D eigenvalue weighted by Gasteiger charge is 2.29. The summed E-state index contributed by atoms with van der Waals surface area (Å²) in [5.74, 6) is -0.243. The van der Waals surface area contributed by atoms with Gasteiger partial charge in [0.1, 0.15) is 5.75 Å². The summed E-state index contributed by atoms with van der Waals surface area (Å²) < 4.78 is 25.6. The molecular weight excluding hydrogens is 314 g/mol. The number of nitrogens with zero attached hydrogens (tertiary/aromatic N) is 2. The molecule has 1 amide bonds. The quantitative estimate of drug-likeness (QED) is 0.733. The second kappa shape index (κ2) is 9.61. The highest BCUT2D eigenvalue weighted by molar-refractivity contribution is 7.89. The minimum Gasteiger partial charge on any atom is -0.341 e. The van der Waals surface area contributed by atoms with E-state index >= 15 is 0 Å². The van der Waals surface area contributed by atoms with Crippen LogP contribution in [0.4, 0.5) is 0 Å². The van der Waals surface area contributed by atoms with Gasteiger partial charge in [-0.1, -0.05) is 13.8 Å². The van der Waals surface area contributed by atoms with Gasteiger partial charge >= 0.3 is 0 Å². The maximum Gasteiger partial charge on any atom is 0.239 e. The Morgan fingerprint density at radius 3 is 2.48 bits per heavy atom. The molecule has 0 spiro atoms. The standard InChI is InChI=1S/C13H27N3O3S.ClH/c1-4-16(5-2)20(18,19)11-13(17)15-8-6-7-12(10-15)9-14-3;/h12,14H,4-11H2,1-3H3;1H. The van der Waals surface area contributed by atoms with Crippen LogP contribution < -0.4 is 5.32 Å². The average molecular weight is 342 g/mol. The minimum absolute atomic E-state index is 0. The van der Waals surface area contributed by atoms with Crippen molar-refractivity contribution in [2.45, 2.75) is 26.7 Å². The number of carbonyl (C=O) groups excluding carboxylic acids is 1. The predicted octanol–water partition coefficient (Wildman–Crippen LogP) is 0.538. The first-order valence-corrected chi connectivity index (χ1v) is 8.95. The molecule has 0 saturated carbocycles. The van der Waals surface area contributed by atoms with Crippen molar-refractivity contribution >= 4 is 28.3 Å². The third-order valence-corrected chi connectivity index (χ3v) is 5.68. The van der Waals surface area contributed by atoms with Crippen molar-refractivity contribution < 1.29 is 13.2 Å². The van der Waals surface area contributed by atoms with Gasteiger partial charge in [-0.25, -0.2) is 12.7 Å². The number of halogens is 1. The largest absolute Gasteiger partial charge is 0.341 e. The van der Waals surface area contributed by atoms with E-state index in [9.17, 15) is 13.2 Å². The first-order valence-electron chi connectivity index (χ1n) is 7.34. The molecule has 21 heavy (non-hydrogen) atoms. The fraction of sp³-hybridized carbons (Fsp3) is 0.923. The molecule has 0 bridgehead atoms. The minimum atomic E-state index is -3.47. The lowest BCUT2D eigenvalue weighted by molar-refractivity contribution is -0.130. The summed E-state index contributed by atoms with van der Waals surface area (Å²) in [5, 5.41) is 3.12. The van der Waals surface area contributed by atoms with E-state index in [0.717, 1.165) is 19.4 Å². The van der Waals surface area contributed by atoms with Crippen molar-refractivity contribution in [3.8, 4) is 0 Å². The number of hydrogen-bond acceptors (Lipinski definition) is 4. The van der Waals surface area contributed by atoms with Gasteiger partial charge in [0, 0.05) is 26.2 Å². The van der Waals surface area contributed by atoms with Crippen LogP contribution in [0.3, 0.4) is 0 Å². The summed E-state index contributed by atoms with van der Waals surface area (Å²) in [4.78, 5) is 13.9. The first kappa shape index (κ1) is 20.6. The number of likely N-dealkylation sites (tertiary alicyclic amines) is 1. The lowest BCUT2D eigenvalue weighted by atomic mass is 9.98. The topological polar surface area (TPSA) is 69.7 Å². The number of piperidine rings is 1. The van der Waals surface area contributed by atoms with E-state index in [4.69, 9.17) is 0 Å². The Kier molecular flexibility index (Phi) is 9.44. The molecule has 8 heteroatoms. The van der Waals surface area contributed by atoms with Gasteiger partial charge in [-0.15, -0.1) is 12.4 Å². The highest BCUT2D eigenvalue weighted by atomic mass is 35.5. The smallest absolute Gasteiger partial charge is 0.239 e. The number of hydrogen-bond donors (Lipinski definition) is 1. The van der Waals surface area contributed by atoms with Gasteiger partial charge in [0.15, 0.2) is 0 Å². The lowest BCUT2D eigenvalue weighted by Gasteiger charge is -2.33. The normalized spacial score (nSPS) is 19.4. The van der Waals surface area contributed by atoms with Crippen molar-refractivity contribution in [2.75, 3.05) is 45.5 Å². The zero-order chi connectivity index (χ0) is 15.2. The molecule has 1 atom stereocenters. The highest BCUT2D eigenvalue weighted by Crippen LogP contribution is 2.16. The summed E-state index contributed by atoms with van der Waals surface area (Å²) in [5.41, 5.74) is 0. The SMILES string of the molecule is CCN(CC)S(=O)(=O)CC(=O)N1CCCC(CNC)C1.Cl. The van der Waals surface area contributed by atoms with E-state index in [2.05, 4.69) is 5.32 Å². The average Bonchev–Trinajstić information content (AvgIpc) is 2.40. The molecule has 0 radical (unpaired) electrons. The molecule has 0 aliphatic carbocycles. The molecule has 1 rings (SSSR count). The fourth-order valence-corrected chi connectivity index (χ4v) is 4.17. The molecule has 6 nitrogen and oxygen atoms in total. The van der Waals surface area contributed by atoms with E-state index in [1.54, 1.807) is 18.7 Å². The molecule has 1 aliphatic heterocycles. The molecule has 1 N–H and O–H groups in total. The Labute approximate surface area is 134 Å². The summed E-state index contributed by atoms with van der Waals surface area (Å²) in [6.45, 7) is 6.60. The van der Waals surface area contributed by atoms with Gasteiger partial charge in [-0.3, -0.25) is 4.79 Å². The van der Waals surface area contributed by atoms with E-state index in [-0.39, 0.29) is 18.3 Å². The third-order valence-electron chi connectivity index (χ3n) is 3.77. The van der Waals surface area contributed by atoms with Crippen molar-refractivity contribution in [1.82, 2.24) is 14.5 Å². The maximum absolute atomic E-state index is 12.2. The number of rotatable bonds is 7. The van der Waals surface area contributed by atoms with Crippen LogP contribution in [0.5, 0.6) is 0 Å². The van der Waals surface area contributed by atoms with Crippen LogP contribution in [-0.4, -0.2) is 69.1 Å². The van der Waals surface area contributed by atoms with Gasteiger partial charge in [0.05, 0.1) is 0 Å². The van der Waals surface area contributed by atoms with Gasteiger partial charge in [-0.05, 0) is 32.4 Å². The van der Waals surface area contributed by atoms with E-state index in [0.29, 0.717) is 32.1 Å². The number of carbonyl (C=O) groups is 1. The number of nitrogens with one attached hydrogen (secondary N) is 1. The van der Waals surface area contributed by atoms with Crippen LogP contribution in [0.1, 0.15) is 26.7 Å². The molecule has 0 aromatic rings. The summed E-state index contributed by atoms with van der Waals surface area (Å²) in [6.07, 6.45) is 2.04. The third kappa shape index (κ3) is 6.10. The van der Waals surface area contributed by atoms with Crippen LogP contribution in [0.2, 0.25) is 0 Å². The van der Waals surface area contributed by atoms with Gasteiger partial charge in [0.2, 0.25) is 15.9 Å². The molecule has 1 heterocycles. The van der Waals surface area contributed by atoms with Crippen LogP contribution in [-0.2, 0) is 14.8 Å². The van der Waals surface area contributed by atoms with Gasteiger partial charge < -0.3 is 10.2 Å². The van der Waals surface area contributed by atoms with Gasteiger partial charge in [0.25, 0.3) is 0 Å². The fourth-order valence-electron chi connectivity index (χ4n) is 2.70. The molecule has 1 unspecified atom stereocenters. The molecule has 0 aromatic carbocycles. The zero-order valence-electron chi connectivity index (χ0n) is 13.2. The monoisotopic (exact) mass is 341 g/mol. The molecule has 1 fully saturated rings. The predicted molar refractivity (Wildman–Crippen MR) is 87.2 cm³/mol. The van der Waals surface area contributed by atoms with Crippen LogP contribution in [0.25, 0.3) is 0 Å². The summed E-state index contributed by atoms with van der Waals surface area (Å²) >= 11 is 0. The molecule has 1 saturated heterocycles. The van der Waals surface area contributed by atoms with E-state index in [1.807, 2.05) is 7.05 Å². The summed E-state index contributed by atoms with van der Waals surface area (Å²) in [6, 6.07) is 0. The molecule has 126 valence electrons. The van der Waals surface area contributed by atoms with Crippen molar-refractivity contribution in [2.24, 2.45) is 5.92 Å². The zero-order valence-corrected chi connectivity index (χ0v) is 14.8. The molecular formula is C13H28ClN3O3S.